The number of nitrogens with zero attached hydrogens (tertiary/aromatic N) is 6. The highest BCUT2D eigenvalue weighted by Crippen LogP contribution is 2.28. The lowest BCUT2D eigenvalue weighted by Crippen LogP contribution is -2.22. The SMILES string of the molecule is COc1ccc(Cc2nc(N)nn2Cc2cc(=O)n(Cc3ccccn3)cn2)cc1OC. The standard InChI is InChI=1S/C22H23N7O3/c1-31-18-7-6-15(9-19(18)32-2)10-20-26-22(23)27-29(20)13-17-11-21(30)28(14-25-17)12-16-5-3-4-8-24-16/h3-9,11,14H,10,12-13H2,1-2H3,(H2,23,27). The molecule has 0 saturated heterocycles. The molecule has 0 aliphatic rings. The monoisotopic (exact) mass is 433 g/mol. The van der Waals surface area contributed by atoms with Gasteiger partial charge in [-0.2, -0.15) is 4.98 Å². The van der Waals surface area contributed by atoms with Crippen LogP contribution in [0, 0.1) is 0 Å². The normalized spacial score (nSPS) is 10.8. The highest BCUT2D eigenvalue weighted by atomic mass is 16.5. The van der Waals surface area contributed by atoms with Gasteiger partial charge < -0.3 is 15.2 Å². The van der Waals surface area contributed by atoms with Gasteiger partial charge in [0.15, 0.2) is 11.5 Å². The molecule has 3 aromatic heterocycles. The van der Waals surface area contributed by atoms with Gasteiger partial charge >= 0.3 is 0 Å². The molecule has 0 spiro atoms. The minimum absolute atomic E-state index is 0.156. The third kappa shape index (κ3) is 4.75. The third-order valence-corrected chi connectivity index (χ3v) is 4.88. The Kier molecular flexibility index (Phi) is 6.11. The van der Waals surface area contributed by atoms with Crippen molar-refractivity contribution in [2.45, 2.75) is 19.5 Å². The van der Waals surface area contributed by atoms with Crippen LogP contribution in [0.2, 0.25) is 0 Å². The lowest BCUT2D eigenvalue weighted by Gasteiger charge is -2.10. The third-order valence-electron chi connectivity index (χ3n) is 4.88. The van der Waals surface area contributed by atoms with Crippen LogP contribution in [0.25, 0.3) is 0 Å². The smallest absolute Gasteiger partial charge is 0.253 e. The van der Waals surface area contributed by atoms with Gasteiger partial charge in [0.25, 0.3) is 5.56 Å². The molecule has 1 aromatic carbocycles. The molecular weight excluding hydrogens is 410 g/mol. The second kappa shape index (κ2) is 9.29. The van der Waals surface area contributed by atoms with Gasteiger partial charge in [-0.15, -0.1) is 5.10 Å². The van der Waals surface area contributed by atoms with Crippen molar-refractivity contribution in [2.75, 3.05) is 20.0 Å². The summed E-state index contributed by atoms with van der Waals surface area (Å²) in [5.41, 5.74) is 7.97. The van der Waals surface area contributed by atoms with Crippen LogP contribution in [0.3, 0.4) is 0 Å². The number of hydrogen-bond acceptors (Lipinski definition) is 8. The van der Waals surface area contributed by atoms with Crippen LogP contribution < -0.4 is 20.8 Å². The molecule has 0 bridgehead atoms. The molecular formula is C22H23N7O3. The zero-order valence-electron chi connectivity index (χ0n) is 17.8. The Labute approximate surface area is 184 Å². The minimum Gasteiger partial charge on any atom is -0.493 e. The van der Waals surface area contributed by atoms with Gasteiger partial charge in [0.2, 0.25) is 5.95 Å². The molecule has 4 aromatic rings. The summed E-state index contributed by atoms with van der Waals surface area (Å²) in [5.74, 6) is 2.08. The molecule has 4 rings (SSSR count). The topological polar surface area (TPSA) is 123 Å². The second-order valence-corrected chi connectivity index (χ2v) is 7.08. The molecule has 2 N–H and O–H groups in total. The van der Waals surface area contributed by atoms with Gasteiger partial charge in [-0.25, -0.2) is 9.67 Å². The minimum atomic E-state index is -0.171. The van der Waals surface area contributed by atoms with E-state index in [-0.39, 0.29) is 18.1 Å². The molecule has 10 heteroatoms. The Morgan fingerprint density at radius 2 is 1.81 bits per heavy atom. The molecule has 0 atom stereocenters. The second-order valence-electron chi connectivity index (χ2n) is 7.08. The van der Waals surface area contributed by atoms with E-state index in [4.69, 9.17) is 15.2 Å². The number of aromatic nitrogens is 6. The fourth-order valence-electron chi connectivity index (χ4n) is 3.31. The quantitative estimate of drug-likeness (QED) is 0.444. The van der Waals surface area contributed by atoms with Gasteiger partial charge in [-0.3, -0.25) is 14.3 Å². The van der Waals surface area contributed by atoms with Gasteiger partial charge in [-0.1, -0.05) is 12.1 Å². The molecule has 0 aliphatic heterocycles. The molecule has 32 heavy (non-hydrogen) atoms. The Morgan fingerprint density at radius 3 is 2.53 bits per heavy atom. The molecule has 0 saturated carbocycles. The van der Waals surface area contributed by atoms with E-state index in [0.717, 1.165) is 11.3 Å². The number of hydrogen-bond donors (Lipinski definition) is 1. The Hall–Kier alpha value is -4.21. The average molecular weight is 433 g/mol. The average Bonchev–Trinajstić information content (AvgIpc) is 3.14. The van der Waals surface area contributed by atoms with Gasteiger partial charge in [0.1, 0.15) is 5.82 Å². The lowest BCUT2D eigenvalue weighted by molar-refractivity contribution is 0.354. The van der Waals surface area contributed by atoms with Gasteiger partial charge in [0.05, 0.1) is 45.0 Å². The van der Waals surface area contributed by atoms with E-state index >= 15 is 0 Å². The van der Waals surface area contributed by atoms with E-state index < -0.39 is 0 Å². The van der Waals surface area contributed by atoms with E-state index in [2.05, 4.69) is 20.1 Å². The van der Waals surface area contributed by atoms with Crippen LogP contribution in [0.1, 0.15) is 22.8 Å². The van der Waals surface area contributed by atoms with Crippen molar-refractivity contribution >= 4 is 5.95 Å². The molecule has 3 heterocycles. The maximum Gasteiger partial charge on any atom is 0.253 e. The van der Waals surface area contributed by atoms with Crippen molar-refractivity contribution in [3.05, 3.63) is 88.1 Å². The van der Waals surface area contributed by atoms with E-state index in [0.29, 0.717) is 36.0 Å². The summed E-state index contributed by atoms with van der Waals surface area (Å²) in [4.78, 5) is 25.5. The van der Waals surface area contributed by atoms with Crippen molar-refractivity contribution in [3.8, 4) is 11.5 Å². The number of nitrogens with two attached hydrogens (primary N) is 1. The maximum absolute atomic E-state index is 12.5. The van der Waals surface area contributed by atoms with Crippen molar-refractivity contribution in [1.29, 1.82) is 0 Å². The first-order chi connectivity index (χ1) is 15.6. The molecule has 10 nitrogen and oxygen atoms in total. The van der Waals surface area contributed by atoms with Crippen molar-refractivity contribution < 1.29 is 9.47 Å². The van der Waals surface area contributed by atoms with E-state index in [1.165, 1.54) is 17.0 Å². The van der Waals surface area contributed by atoms with E-state index in [1.54, 1.807) is 25.1 Å². The Bertz CT molecular complexity index is 1270. The predicted octanol–water partition coefficient (Wildman–Crippen LogP) is 1.52. The lowest BCUT2D eigenvalue weighted by atomic mass is 10.1. The largest absolute Gasteiger partial charge is 0.493 e. The van der Waals surface area contributed by atoms with Gasteiger partial charge in [0, 0.05) is 18.7 Å². The number of pyridine rings is 1. The first-order valence-electron chi connectivity index (χ1n) is 9.91. The fourth-order valence-corrected chi connectivity index (χ4v) is 3.31. The summed E-state index contributed by atoms with van der Waals surface area (Å²) in [6, 6.07) is 12.7. The maximum atomic E-state index is 12.5. The summed E-state index contributed by atoms with van der Waals surface area (Å²) in [6.45, 7) is 0.625. The predicted molar refractivity (Wildman–Crippen MR) is 118 cm³/mol. The molecule has 0 radical (unpaired) electrons. The molecule has 0 fully saturated rings. The summed E-state index contributed by atoms with van der Waals surface area (Å²) >= 11 is 0. The van der Waals surface area contributed by atoms with Crippen molar-refractivity contribution in [3.63, 3.8) is 0 Å². The van der Waals surface area contributed by atoms with E-state index in [9.17, 15) is 4.79 Å². The highest BCUT2D eigenvalue weighted by molar-refractivity contribution is 5.43. The van der Waals surface area contributed by atoms with Crippen LogP contribution in [0.4, 0.5) is 5.95 Å². The highest BCUT2D eigenvalue weighted by Gasteiger charge is 2.13. The van der Waals surface area contributed by atoms with Crippen LogP contribution in [0.5, 0.6) is 11.5 Å². The number of ether oxygens (including phenoxy) is 2. The van der Waals surface area contributed by atoms with Crippen LogP contribution in [-0.2, 0) is 19.5 Å². The van der Waals surface area contributed by atoms with Crippen LogP contribution in [-0.4, -0.2) is 43.5 Å². The Balaban J connectivity index is 1.53. The zero-order chi connectivity index (χ0) is 22.5. The van der Waals surface area contributed by atoms with Crippen LogP contribution >= 0.6 is 0 Å². The number of rotatable bonds is 8. The first-order valence-corrected chi connectivity index (χ1v) is 9.91. The number of nitrogen functional groups attached to an aromatic ring is 1. The molecule has 164 valence electrons. The molecule has 0 unspecified atom stereocenters. The Morgan fingerprint density at radius 1 is 0.969 bits per heavy atom. The summed E-state index contributed by atoms with van der Waals surface area (Å²) < 4.78 is 13.8. The number of anilines is 1. The summed E-state index contributed by atoms with van der Waals surface area (Å²) in [5, 5.41) is 4.27. The first kappa shape index (κ1) is 21.0. The van der Waals surface area contributed by atoms with E-state index in [1.807, 2.05) is 36.4 Å². The van der Waals surface area contributed by atoms with Crippen molar-refractivity contribution in [2.24, 2.45) is 0 Å². The number of benzene rings is 1. The number of methoxy groups -OCH3 is 2. The molecule has 0 aliphatic carbocycles. The molecule has 0 amide bonds. The van der Waals surface area contributed by atoms with Crippen LogP contribution in [0.15, 0.2) is 59.8 Å². The fraction of sp³-hybridized carbons (Fsp3) is 0.227. The summed E-state index contributed by atoms with van der Waals surface area (Å²) in [6.07, 6.45) is 3.68. The van der Waals surface area contributed by atoms with Gasteiger partial charge in [-0.05, 0) is 29.8 Å². The zero-order valence-corrected chi connectivity index (χ0v) is 17.8. The van der Waals surface area contributed by atoms with Crippen molar-refractivity contribution in [1.82, 2.24) is 29.3 Å². The summed E-state index contributed by atoms with van der Waals surface area (Å²) in [7, 11) is 3.18.